The number of carbonyl (C=O) groups is 2. The number of rotatable bonds is 5. The molecule has 3 aromatic rings. The molecular formula is C20H15ClFN5O3. The van der Waals surface area contributed by atoms with Gasteiger partial charge in [-0.15, -0.1) is 0 Å². The van der Waals surface area contributed by atoms with Gasteiger partial charge in [-0.1, -0.05) is 29.8 Å². The van der Waals surface area contributed by atoms with Crippen LogP contribution in [0.1, 0.15) is 33.7 Å². The van der Waals surface area contributed by atoms with Crippen LogP contribution in [-0.2, 0) is 4.79 Å². The maximum atomic E-state index is 13.5. The van der Waals surface area contributed by atoms with Crippen molar-refractivity contribution in [3.63, 3.8) is 0 Å². The number of fused-ring (bicyclic) bond motifs is 1. The number of carboxylic acid groups (broad SMARTS) is 1. The number of nitrogens with zero attached hydrogens (tertiary/aromatic N) is 3. The Hall–Kier alpha value is -3.72. The second-order valence-corrected chi connectivity index (χ2v) is 6.97. The number of nitrogens with two attached hydrogens (primary N) is 1. The van der Waals surface area contributed by atoms with Crippen LogP contribution in [0.4, 0.5) is 15.9 Å². The first-order valence-electron chi connectivity index (χ1n) is 8.80. The summed E-state index contributed by atoms with van der Waals surface area (Å²) in [5.41, 5.74) is 6.86. The van der Waals surface area contributed by atoms with Gasteiger partial charge >= 0.3 is 5.97 Å². The lowest BCUT2D eigenvalue weighted by Gasteiger charge is -2.33. The zero-order valence-corrected chi connectivity index (χ0v) is 16.0. The molecule has 152 valence electrons. The number of carbonyl (C=O) groups excluding carboxylic acids is 1. The molecule has 0 radical (unpaired) electrons. The fourth-order valence-corrected chi connectivity index (χ4v) is 3.61. The molecule has 2 aromatic heterocycles. The predicted molar refractivity (Wildman–Crippen MR) is 108 cm³/mol. The number of anilines is 2. The first kappa shape index (κ1) is 19.6. The van der Waals surface area contributed by atoms with E-state index in [4.69, 9.17) is 17.3 Å². The molecule has 1 aliphatic heterocycles. The Morgan fingerprint density at radius 2 is 1.90 bits per heavy atom. The number of amides is 1. The summed E-state index contributed by atoms with van der Waals surface area (Å²) in [6.45, 7) is 0. The van der Waals surface area contributed by atoms with Gasteiger partial charge in [0.1, 0.15) is 23.2 Å². The van der Waals surface area contributed by atoms with E-state index in [1.807, 2.05) is 0 Å². The third-order valence-corrected chi connectivity index (χ3v) is 4.99. The van der Waals surface area contributed by atoms with Gasteiger partial charge in [-0.05, 0) is 29.8 Å². The second-order valence-electron chi connectivity index (χ2n) is 6.59. The van der Waals surface area contributed by atoms with Crippen LogP contribution in [0.2, 0.25) is 5.15 Å². The maximum absolute atomic E-state index is 13.5. The van der Waals surface area contributed by atoms with Crippen LogP contribution >= 0.6 is 11.6 Å². The van der Waals surface area contributed by atoms with Crippen molar-refractivity contribution in [1.82, 2.24) is 9.97 Å². The summed E-state index contributed by atoms with van der Waals surface area (Å²) in [4.78, 5) is 34.2. The largest absolute Gasteiger partial charge is 0.478 e. The van der Waals surface area contributed by atoms with Crippen LogP contribution in [0.15, 0.2) is 54.9 Å². The molecule has 1 aromatic carbocycles. The highest BCUT2D eigenvalue weighted by molar-refractivity contribution is 6.29. The molecular weight excluding hydrogens is 413 g/mol. The van der Waals surface area contributed by atoms with Crippen LogP contribution in [0.3, 0.4) is 0 Å². The van der Waals surface area contributed by atoms with Crippen LogP contribution in [0.25, 0.3) is 0 Å². The van der Waals surface area contributed by atoms with Crippen molar-refractivity contribution in [2.75, 3.05) is 10.2 Å². The van der Waals surface area contributed by atoms with Crippen molar-refractivity contribution in [2.45, 2.75) is 12.2 Å². The van der Waals surface area contributed by atoms with E-state index in [2.05, 4.69) is 15.3 Å². The Labute approximate surface area is 175 Å². The average Bonchev–Trinajstić information content (AvgIpc) is 3.09. The van der Waals surface area contributed by atoms with Gasteiger partial charge in [0, 0.05) is 18.0 Å². The molecule has 0 spiro atoms. The summed E-state index contributed by atoms with van der Waals surface area (Å²) < 4.78 is 13.5. The van der Waals surface area contributed by atoms with Gasteiger partial charge in [-0.25, -0.2) is 19.2 Å². The second kappa shape index (κ2) is 7.60. The zero-order valence-electron chi connectivity index (χ0n) is 15.3. The quantitative estimate of drug-likeness (QED) is 0.535. The van der Waals surface area contributed by atoms with E-state index in [1.165, 1.54) is 53.7 Å². The van der Waals surface area contributed by atoms with Crippen LogP contribution in [0.5, 0.6) is 0 Å². The van der Waals surface area contributed by atoms with Crippen molar-refractivity contribution in [3.8, 4) is 0 Å². The number of carboxylic acids is 1. The number of primary amides is 1. The highest BCUT2D eigenvalue weighted by atomic mass is 35.5. The molecule has 1 aliphatic rings. The van der Waals surface area contributed by atoms with Crippen molar-refractivity contribution < 1.29 is 19.1 Å². The van der Waals surface area contributed by atoms with Gasteiger partial charge in [-0.3, -0.25) is 4.79 Å². The Bertz CT molecular complexity index is 1120. The number of benzene rings is 1. The Kier molecular flexibility index (Phi) is 4.96. The van der Waals surface area contributed by atoms with E-state index in [0.717, 1.165) is 0 Å². The van der Waals surface area contributed by atoms with Gasteiger partial charge in [-0.2, -0.15) is 0 Å². The summed E-state index contributed by atoms with van der Waals surface area (Å²) >= 11 is 5.87. The van der Waals surface area contributed by atoms with E-state index in [0.29, 0.717) is 11.1 Å². The molecule has 4 rings (SSSR count). The number of aromatic carboxylic acids is 1. The fraction of sp³-hybridized carbons (Fsp3) is 0.100. The minimum atomic E-state index is -1.20. The first-order valence-corrected chi connectivity index (χ1v) is 9.18. The van der Waals surface area contributed by atoms with Gasteiger partial charge in [0.05, 0.1) is 11.3 Å². The van der Waals surface area contributed by atoms with Crippen LogP contribution in [-0.4, -0.2) is 27.0 Å². The van der Waals surface area contributed by atoms with Crippen LogP contribution < -0.4 is 16.0 Å². The minimum Gasteiger partial charge on any atom is -0.478 e. The first-order chi connectivity index (χ1) is 14.4. The maximum Gasteiger partial charge on any atom is 0.338 e. The van der Waals surface area contributed by atoms with Crippen molar-refractivity contribution >= 4 is 35.0 Å². The van der Waals surface area contributed by atoms with E-state index in [9.17, 15) is 19.1 Å². The molecule has 0 aliphatic carbocycles. The highest BCUT2D eigenvalue weighted by Gasteiger charge is 2.41. The molecule has 2 unspecified atom stereocenters. The van der Waals surface area contributed by atoms with E-state index >= 15 is 0 Å². The number of nitrogens with one attached hydrogen (secondary N) is 1. The summed E-state index contributed by atoms with van der Waals surface area (Å²) in [6, 6.07) is 8.93. The fourth-order valence-electron chi connectivity index (χ4n) is 3.50. The molecule has 4 N–H and O–H groups in total. The molecule has 1 amide bonds. The molecule has 3 heterocycles. The Morgan fingerprint density at radius 3 is 2.50 bits per heavy atom. The third-order valence-electron chi connectivity index (χ3n) is 4.76. The van der Waals surface area contributed by atoms with Crippen molar-refractivity contribution in [1.29, 1.82) is 0 Å². The number of hydrogen-bond donors (Lipinski definition) is 3. The lowest BCUT2D eigenvalue weighted by molar-refractivity contribution is -0.119. The molecule has 2 atom stereocenters. The molecule has 0 saturated carbocycles. The van der Waals surface area contributed by atoms with Crippen molar-refractivity contribution in [2.24, 2.45) is 5.73 Å². The van der Waals surface area contributed by atoms with Gasteiger partial charge in [0.15, 0.2) is 5.82 Å². The van der Waals surface area contributed by atoms with E-state index in [1.54, 1.807) is 6.07 Å². The van der Waals surface area contributed by atoms with E-state index in [-0.39, 0.29) is 22.2 Å². The lowest BCUT2D eigenvalue weighted by Crippen LogP contribution is -2.40. The molecule has 0 fully saturated rings. The smallest absolute Gasteiger partial charge is 0.338 e. The molecule has 30 heavy (non-hydrogen) atoms. The van der Waals surface area contributed by atoms with Gasteiger partial charge in [0.25, 0.3) is 0 Å². The summed E-state index contributed by atoms with van der Waals surface area (Å²) in [5.74, 6) is -2.10. The third kappa shape index (κ3) is 3.39. The highest BCUT2D eigenvalue weighted by Crippen LogP contribution is 2.46. The van der Waals surface area contributed by atoms with Gasteiger partial charge < -0.3 is 21.1 Å². The predicted octanol–water partition coefficient (Wildman–Crippen LogP) is 3.12. The normalized spacial score (nSPS) is 15.9. The number of aromatic nitrogens is 2. The lowest BCUT2D eigenvalue weighted by atomic mass is 10.0. The SMILES string of the molecule is NC(=O)C(c1ccc(Cl)nc1)N1c2c(C(=O)O)ccnc2NC1c1ccc(F)cc1. The monoisotopic (exact) mass is 427 g/mol. The van der Waals surface area contributed by atoms with Gasteiger partial charge in [0.2, 0.25) is 5.91 Å². The number of pyridine rings is 2. The minimum absolute atomic E-state index is 0.0646. The molecule has 8 nitrogen and oxygen atoms in total. The standard InChI is InChI=1S/C20H15ClFN5O3/c21-14-6-3-11(9-25-14)15(17(23)28)27-16-13(20(29)30)7-8-24-18(16)26-19(27)10-1-4-12(22)5-2-10/h1-9,15,19H,(H2,23,28)(H,24,26)(H,29,30). The molecule has 0 saturated heterocycles. The summed E-state index contributed by atoms with van der Waals surface area (Å²) in [7, 11) is 0. The summed E-state index contributed by atoms with van der Waals surface area (Å²) in [6.07, 6.45) is 2.01. The van der Waals surface area contributed by atoms with Crippen LogP contribution in [0, 0.1) is 5.82 Å². The number of halogens is 2. The average molecular weight is 428 g/mol. The number of hydrogen-bond acceptors (Lipinski definition) is 6. The Morgan fingerprint density at radius 1 is 1.17 bits per heavy atom. The zero-order chi connectivity index (χ0) is 21.4. The molecule has 10 heteroatoms. The topological polar surface area (TPSA) is 121 Å². The van der Waals surface area contributed by atoms with Crippen molar-refractivity contribution in [3.05, 3.63) is 82.5 Å². The summed E-state index contributed by atoms with van der Waals surface area (Å²) in [5, 5.41) is 13.0. The van der Waals surface area contributed by atoms with E-state index < -0.39 is 29.9 Å². The molecule has 0 bridgehead atoms. The Balaban J connectivity index is 1.93.